The summed E-state index contributed by atoms with van der Waals surface area (Å²) in [5.41, 5.74) is 1.38. The number of carbonyl (C=O) groups is 2. The molecule has 1 aliphatic heterocycles. The summed E-state index contributed by atoms with van der Waals surface area (Å²) in [6.07, 6.45) is 5.94. The molecule has 2 aromatic rings. The van der Waals surface area contributed by atoms with Gasteiger partial charge in [-0.15, -0.1) is 0 Å². The molecule has 1 fully saturated rings. The Bertz CT molecular complexity index is 1040. The fraction of sp³-hybridized carbons (Fsp3) is 0.333. The van der Waals surface area contributed by atoms with E-state index < -0.39 is 5.91 Å². The van der Waals surface area contributed by atoms with E-state index in [-0.39, 0.29) is 17.4 Å². The van der Waals surface area contributed by atoms with Gasteiger partial charge in [0.05, 0.1) is 22.3 Å². The Morgan fingerprint density at radius 1 is 1.22 bits per heavy atom. The quantitative estimate of drug-likeness (QED) is 0.626. The third kappa shape index (κ3) is 6.16. The molecular weight excluding hydrogens is 426 g/mol. The molecule has 2 heterocycles. The van der Waals surface area contributed by atoms with Crippen LogP contribution in [-0.4, -0.2) is 40.8 Å². The highest BCUT2D eigenvalue weighted by atomic mass is 35.5. The van der Waals surface area contributed by atoms with Crippen LogP contribution in [0.2, 0.25) is 5.02 Å². The van der Waals surface area contributed by atoms with Gasteiger partial charge in [-0.05, 0) is 75.7 Å². The van der Waals surface area contributed by atoms with Gasteiger partial charge in [-0.25, -0.2) is 4.98 Å². The highest BCUT2D eigenvalue weighted by Crippen LogP contribution is 2.24. The van der Waals surface area contributed by atoms with Gasteiger partial charge in [0.25, 0.3) is 5.91 Å². The van der Waals surface area contributed by atoms with Crippen molar-refractivity contribution in [3.05, 3.63) is 58.8 Å². The van der Waals surface area contributed by atoms with Crippen LogP contribution in [0, 0.1) is 17.2 Å². The van der Waals surface area contributed by atoms with E-state index in [0.717, 1.165) is 25.9 Å². The van der Waals surface area contributed by atoms with E-state index in [1.807, 2.05) is 6.07 Å². The van der Waals surface area contributed by atoms with Gasteiger partial charge in [0.2, 0.25) is 5.91 Å². The lowest BCUT2D eigenvalue weighted by Gasteiger charge is -2.34. The van der Waals surface area contributed by atoms with Crippen LogP contribution in [0.25, 0.3) is 6.08 Å². The number of allylic oxidation sites excluding steroid dienone is 1. The third-order valence-corrected chi connectivity index (χ3v) is 5.72. The molecule has 1 aromatic heterocycles. The summed E-state index contributed by atoms with van der Waals surface area (Å²) in [4.78, 5) is 32.4. The van der Waals surface area contributed by atoms with Crippen LogP contribution in [0.4, 0.5) is 11.5 Å². The van der Waals surface area contributed by atoms with E-state index >= 15 is 0 Å². The van der Waals surface area contributed by atoms with Crippen molar-refractivity contribution < 1.29 is 9.59 Å². The van der Waals surface area contributed by atoms with Crippen LogP contribution in [0.1, 0.15) is 42.6 Å². The van der Waals surface area contributed by atoms with Gasteiger partial charge in [0, 0.05) is 24.2 Å². The zero-order valence-electron chi connectivity index (χ0n) is 18.1. The number of benzene rings is 1. The monoisotopic (exact) mass is 451 g/mol. The van der Waals surface area contributed by atoms with Gasteiger partial charge in [0.1, 0.15) is 5.82 Å². The molecule has 0 saturated carbocycles. The minimum Gasteiger partial charge on any atom is -0.325 e. The Morgan fingerprint density at radius 2 is 1.97 bits per heavy atom. The second-order valence-electron chi connectivity index (χ2n) is 7.98. The molecule has 0 atom stereocenters. The molecule has 7 nitrogen and oxygen atoms in total. The Hall–Kier alpha value is -3.21. The fourth-order valence-corrected chi connectivity index (χ4v) is 3.75. The van der Waals surface area contributed by atoms with Crippen molar-refractivity contribution in [2.24, 2.45) is 5.92 Å². The first-order valence-corrected chi connectivity index (χ1v) is 10.9. The zero-order valence-corrected chi connectivity index (χ0v) is 18.9. The predicted octanol–water partition coefficient (Wildman–Crippen LogP) is 4.58. The number of rotatable bonds is 6. The van der Waals surface area contributed by atoms with Gasteiger partial charge in [-0.3, -0.25) is 9.59 Å². The van der Waals surface area contributed by atoms with E-state index in [0.29, 0.717) is 28.1 Å². The molecule has 2 amide bonds. The first kappa shape index (κ1) is 23.5. The number of anilines is 2. The molecule has 0 unspecified atom stereocenters. The number of piperidine rings is 1. The molecule has 0 aliphatic carbocycles. The lowest BCUT2D eigenvalue weighted by molar-refractivity contribution is -0.121. The SMILES string of the molecule is CC(C)N1CCC(C(=O)Nc2ccc(/C=C\C#N)cc2C(=O)Nc2ccc(Cl)cn2)CC1. The molecule has 3 rings (SSSR count). The first-order valence-electron chi connectivity index (χ1n) is 10.6. The Morgan fingerprint density at radius 3 is 2.59 bits per heavy atom. The minimum absolute atomic E-state index is 0.0904. The summed E-state index contributed by atoms with van der Waals surface area (Å²) in [6.45, 7) is 6.07. The Kier molecular flexibility index (Phi) is 7.98. The summed E-state index contributed by atoms with van der Waals surface area (Å²) in [6, 6.07) is 10.7. The number of pyridine rings is 1. The average molecular weight is 452 g/mol. The molecule has 1 aliphatic rings. The maximum absolute atomic E-state index is 13.0. The van der Waals surface area contributed by atoms with E-state index in [4.69, 9.17) is 16.9 Å². The average Bonchev–Trinajstić information content (AvgIpc) is 2.79. The summed E-state index contributed by atoms with van der Waals surface area (Å²) < 4.78 is 0. The van der Waals surface area contributed by atoms with Crippen molar-refractivity contribution >= 4 is 41.0 Å². The van der Waals surface area contributed by atoms with Gasteiger partial charge in [-0.2, -0.15) is 5.26 Å². The molecule has 1 aromatic carbocycles. The van der Waals surface area contributed by atoms with E-state index in [1.54, 1.807) is 36.4 Å². The number of aromatic nitrogens is 1. The second kappa shape index (κ2) is 10.9. The number of hydrogen-bond acceptors (Lipinski definition) is 5. The van der Waals surface area contributed by atoms with Crippen LogP contribution in [0.5, 0.6) is 0 Å². The molecule has 0 bridgehead atoms. The number of nitriles is 1. The highest BCUT2D eigenvalue weighted by molar-refractivity contribution is 6.30. The van der Waals surface area contributed by atoms with Gasteiger partial charge < -0.3 is 15.5 Å². The van der Waals surface area contributed by atoms with Crippen LogP contribution >= 0.6 is 11.6 Å². The summed E-state index contributed by atoms with van der Waals surface area (Å²) in [7, 11) is 0. The number of hydrogen-bond donors (Lipinski definition) is 2. The van der Waals surface area contributed by atoms with Crippen LogP contribution in [0.15, 0.2) is 42.6 Å². The van der Waals surface area contributed by atoms with E-state index in [2.05, 4.69) is 34.4 Å². The third-order valence-electron chi connectivity index (χ3n) is 5.50. The molecule has 0 radical (unpaired) electrons. The van der Waals surface area contributed by atoms with Crippen molar-refractivity contribution in [3.63, 3.8) is 0 Å². The molecule has 2 N–H and O–H groups in total. The second-order valence-corrected chi connectivity index (χ2v) is 8.41. The lowest BCUT2D eigenvalue weighted by Crippen LogP contribution is -2.41. The summed E-state index contributed by atoms with van der Waals surface area (Å²) >= 11 is 5.86. The Balaban J connectivity index is 1.79. The number of halogens is 1. The van der Waals surface area contributed by atoms with Crippen LogP contribution in [0.3, 0.4) is 0 Å². The molecular formula is C24H26ClN5O2. The maximum atomic E-state index is 13.0. The van der Waals surface area contributed by atoms with E-state index in [9.17, 15) is 9.59 Å². The zero-order chi connectivity index (χ0) is 23.1. The van der Waals surface area contributed by atoms with Gasteiger partial charge in [-0.1, -0.05) is 17.7 Å². The molecule has 32 heavy (non-hydrogen) atoms. The molecule has 1 saturated heterocycles. The minimum atomic E-state index is -0.419. The van der Waals surface area contributed by atoms with Crippen molar-refractivity contribution in [1.82, 2.24) is 9.88 Å². The van der Waals surface area contributed by atoms with E-state index in [1.165, 1.54) is 12.3 Å². The Labute approximate surface area is 193 Å². The summed E-state index contributed by atoms with van der Waals surface area (Å²) in [5.74, 6) is -0.267. The highest BCUT2D eigenvalue weighted by Gasteiger charge is 2.27. The van der Waals surface area contributed by atoms with Crippen molar-refractivity contribution in [3.8, 4) is 6.07 Å². The largest absolute Gasteiger partial charge is 0.325 e. The number of carbonyl (C=O) groups excluding carboxylic acids is 2. The number of nitrogens with zero attached hydrogens (tertiary/aromatic N) is 3. The van der Waals surface area contributed by atoms with Crippen LogP contribution in [-0.2, 0) is 4.79 Å². The predicted molar refractivity (Wildman–Crippen MR) is 126 cm³/mol. The molecule has 8 heteroatoms. The van der Waals surface area contributed by atoms with Crippen molar-refractivity contribution in [2.45, 2.75) is 32.7 Å². The number of nitrogens with one attached hydrogen (secondary N) is 2. The van der Waals surface area contributed by atoms with Crippen molar-refractivity contribution in [1.29, 1.82) is 5.26 Å². The lowest BCUT2D eigenvalue weighted by atomic mass is 9.94. The fourth-order valence-electron chi connectivity index (χ4n) is 3.64. The molecule has 166 valence electrons. The van der Waals surface area contributed by atoms with Gasteiger partial charge in [0.15, 0.2) is 0 Å². The topological polar surface area (TPSA) is 98.1 Å². The summed E-state index contributed by atoms with van der Waals surface area (Å²) in [5, 5.41) is 14.9. The standard InChI is InChI=1S/C24H26ClN5O2/c1-16(2)30-12-9-18(10-13-30)23(31)28-21-7-5-17(4-3-11-26)14-20(21)24(32)29-22-8-6-19(25)15-27-22/h3-8,14-16,18H,9-10,12-13H2,1-2H3,(H,28,31)(H,27,29,32)/b4-3-. The van der Waals surface area contributed by atoms with Gasteiger partial charge >= 0.3 is 0 Å². The number of likely N-dealkylation sites (tertiary alicyclic amines) is 1. The van der Waals surface area contributed by atoms with Crippen LogP contribution < -0.4 is 10.6 Å². The first-order chi connectivity index (χ1) is 15.4. The molecule has 0 spiro atoms. The normalized spacial score (nSPS) is 15.0. The number of amides is 2. The maximum Gasteiger partial charge on any atom is 0.258 e. The smallest absolute Gasteiger partial charge is 0.258 e. The van der Waals surface area contributed by atoms with Crippen molar-refractivity contribution in [2.75, 3.05) is 23.7 Å².